The monoisotopic (exact) mass is 516 g/mol. The zero-order valence-corrected chi connectivity index (χ0v) is 24.2. The molecular formula is C31H52N2S2. The third-order valence-electron chi connectivity index (χ3n) is 10.3. The summed E-state index contributed by atoms with van der Waals surface area (Å²) in [4.78, 5) is 0. The molecular weight excluding hydrogens is 464 g/mol. The Kier molecular flexibility index (Phi) is 9.10. The molecule has 6 saturated carbocycles. The Labute approximate surface area is 225 Å². The number of rotatable bonds is 11. The molecule has 0 bridgehead atoms. The van der Waals surface area contributed by atoms with Crippen LogP contribution in [0.3, 0.4) is 0 Å². The number of thioether (sulfide) groups is 2. The highest BCUT2D eigenvalue weighted by Gasteiger charge is 2.43. The second kappa shape index (κ2) is 11.9. The molecule has 0 aromatic heterocycles. The van der Waals surface area contributed by atoms with E-state index in [1.165, 1.54) is 127 Å². The molecule has 6 rings (SSSR count). The Morgan fingerprint density at radius 3 is 1.51 bits per heavy atom. The van der Waals surface area contributed by atoms with Crippen LogP contribution in [-0.2, 0) is 0 Å². The maximum atomic E-state index is 9.48. The largest absolute Gasteiger partial charge is 0.327 e. The first kappa shape index (κ1) is 26.7. The average molecular weight is 517 g/mol. The third-order valence-corrected chi connectivity index (χ3v) is 13.5. The molecule has 1 unspecified atom stereocenters. The maximum absolute atomic E-state index is 9.48. The normalized spacial score (nSPS) is 38.2. The van der Waals surface area contributed by atoms with E-state index in [0.717, 1.165) is 34.2 Å². The van der Waals surface area contributed by atoms with E-state index in [9.17, 15) is 5.26 Å². The van der Waals surface area contributed by atoms with Gasteiger partial charge in [0.25, 0.3) is 0 Å². The fraction of sp³-hybridized carbons (Fsp3) is 0.968. The lowest BCUT2D eigenvalue weighted by Gasteiger charge is -2.43. The van der Waals surface area contributed by atoms with Crippen molar-refractivity contribution in [2.24, 2.45) is 40.2 Å². The van der Waals surface area contributed by atoms with Gasteiger partial charge in [0.15, 0.2) is 0 Å². The van der Waals surface area contributed by atoms with Gasteiger partial charge in [0, 0.05) is 16.5 Å². The van der Waals surface area contributed by atoms with Gasteiger partial charge < -0.3 is 5.73 Å². The van der Waals surface area contributed by atoms with Gasteiger partial charge in [-0.1, -0.05) is 25.7 Å². The Balaban J connectivity index is 0.000000145. The van der Waals surface area contributed by atoms with Crippen LogP contribution in [-0.4, -0.2) is 28.0 Å². The smallest absolute Gasteiger partial charge is 0.0689 e. The standard InChI is InChI=1S/C16H29NS.C15H23NS/c1-12(17)16(10-13-2-3-13)8-6-15(7-9-16)18-11-14-4-5-14;16-11-15(9-12-1-2-12)7-5-14(6-8-15)17-10-13-3-4-13/h12-15H,2-11,17H2,1H3;12-14H,1-10H2. The van der Waals surface area contributed by atoms with Crippen LogP contribution in [0.25, 0.3) is 0 Å². The predicted octanol–water partition coefficient (Wildman–Crippen LogP) is 8.59. The van der Waals surface area contributed by atoms with E-state index >= 15 is 0 Å². The molecule has 0 saturated heterocycles. The van der Waals surface area contributed by atoms with E-state index < -0.39 is 0 Å². The van der Waals surface area contributed by atoms with Crippen LogP contribution in [0.15, 0.2) is 0 Å². The van der Waals surface area contributed by atoms with E-state index in [1.807, 2.05) is 0 Å². The van der Waals surface area contributed by atoms with Crippen molar-refractivity contribution in [3.05, 3.63) is 0 Å². The van der Waals surface area contributed by atoms with Gasteiger partial charge in [0.2, 0.25) is 0 Å². The topological polar surface area (TPSA) is 49.8 Å². The Bertz CT molecular complexity index is 698. The Morgan fingerprint density at radius 2 is 1.11 bits per heavy atom. The van der Waals surface area contributed by atoms with Crippen molar-refractivity contribution in [2.45, 2.75) is 139 Å². The van der Waals surface area contributed by atoms with Gasteiger partial charge in [-0.15, -0.1) is 0 Å². The first-order valence-electron chi connectivity index (χ1n) is 15.4. The molecule has 0 aliphatic heterocycles. The lowest BCUT2D eigenvalue weighted by Crippen LogP contribution is -2.43. The van der Waals surface area contributed by atoms with E-state index in [-0.39, 0.29) is 5.41 Å². The molecule has 2 nitrogen and oxygen atoms in total. The van der Waals surface area contributed by atoms with Crippen LogP contribution in [0.1, 0.15) is 122 Å². The first-order valence-corrected chi connectivity index (χ1v) is 17.5. The highest BCUT2D eigenvalue weighted by molar-refractivity contribution is 8.00. The molecule has 6 aliphatic rings. The minimum absolute atomic E-state index is 0.0812. The molecule has 0 radical (unpaired) electrons. The van der Waals surface area contributed by atoms with Gasteiger partial charge in [-0.25, -0.2) is 0 Å². The molecule has 6 fully saturated rings. The number of hydrogen-bond acceptors (Lipinski definition) is 4. The lowest BCUT2D eigenvalue weighted by atomic mass is 9.66. The summed E-state index contributed by atoms with van der Waals surface area (Å²) in [5, 5.41) is 11.3. The number of nitrogens with zero attached hydrogens (tertiary/aromatic N) is 1. The molecule has 4 heteroatoms. The van der Waals surface area contributed by atoms with Gasteiger partial charge in [-0.05, 0) is 137 Å². The summed E-state index contributed by atoms with van der Waals surface area (Å²) in [5.41, 5.74) is 6.94. The van der Waals surface area contributed by atoms with Crippen molar-refractivity contribution in [2.75, 3.05) is 11.5 Å². The van der Waals surface area contributed by atoms with Crippen molar-refractivity contribution in [1.29, 1.82) is 5.26 Å². The van der Waals surface area contributed by atoms with Crippen LogP contribution in [0.2, 0.25) is 0 Å². The molecule has 198 valence electrons. The van der Waals surface area contributed by atoms with Gasteiger partial charge >= 0.3 is 0 Å². The summed E-state index contributed by atoms with van der Waals surface area (Å²) in [5.74, 6) is 6.92. The van der Waals surface area contributed by atoms with E-state index in [1.54, 1.807) is 0 Å². The molecule has 35 heavy (non-hydrogen) atoms. The maximum Gasteiger partial charge on any atom is 0.0689 e. The molecule has 0 aromatic carbocycles. The molecule has 1 atom stereocenters. The second-order valence-corrected chi connectivity index (χ2v) is 16.5. The quantitative estimate of drug-likeness (QED) is 0.299. The first-order chi connectivity index (χ1) is 17.0. The van der Waals surface area contributed by atoms with E-state index in [2.05, 4.69) is 36.5 Å². The van der Waals surface area contributed by atoms with Crippen molar-refractivity contribution in [3.8, 4) is 6.07 Å². The van der Waals surface area contributed by atoms with Crippen LogP contribution < -0.4 is 5.73 Å². The van der Waals surface area contributed by atoms with Gasteiger partial charge in [0.05, 0.1) is 11.5 Å². The fourth-order valence-corrected chi connectivity index (χ4v) is 9.63. The molecule has 2 N–H and O–H groups in total. The van der Waals surface area contributed by atoms with E-state index in [4.69, 9.17) is 5.73 Å². The summed E-state index contributed by atoms with van der Waals surface area (Å²) >= 11 is 4.48. The van der Waals surface area contributed by atoms with Gasteiger partial charge in [-0.3, -0.25) is 0 Å². The molecule has 0 amide bonds. The van der Waals surface area contributed by atoms with Gasteiger partial charge in [-0.2, -0.15) is 28.8 Å². The van der Waals surface area contributed by atoms with Crippen molar-refractivity contribution in [1.82, 2.24) is 0 Å². The van der Waals surface area contributed by atoms with Crippen molar-refractivity contribution >= 4 is 23.5 Å². The lowest BCUT2D eigenvalue weighted by molar-refractivity contribution is 0.133. The SMILES string of the molecule is CC(N)C1(CC2CC2)CCC(SCC2CC2)CC1.N#CC1(CC2CC2)CCC(SCC2CC2)CC1. The average Bonchev–Trinajstić information content (AvgIpc) is 3.71. The highest BCUT2D eigenvalue weighted by Crippen LogP contribution is 2.52. The second-order valence-electron chi connectivity index (χ2n) is 13.8. The Morgan fingerprint density at radius 1 is 0.686 bits per heavy atom. The van der Waals surface area contributed by atoms with Crippen LogP contribution >= 0.6 is 23.5 Å². The minimum atomic E-state index is 0.0812. The minimum Gasteiger partial charge on any atom is -0.327 e. The van der Waals surface area contributed by atoms with Crippen LogP contribution in [0.5, 0.6) is 0 Å². The Hall–Kier alpha value is 0.150. The zero-order chi connectivity index (χ0) is 24.3. The highest BCUT2D eigenvalue weighted by atomic mass is 32.2. The summed E-state index contributed by atoms with van der Waals surface area (Å²) in [6.45, 7) is 2.26. The number of hydrogen-bond donors (Lipinski definition) is 1. The molecule has 0 spiro atoms. The predicted molar refractivity (Wildman–Crippen MR) is 154 cm³/mol. The third kappa shape index (κ3) is 8.32. The summed E-state index contributed by atoms with van der Waals surface area (Å²) < 4.78 is 0. The molecule has 6 aliphatic carbocycles. The van der Waals surface area contributed by atoms with Gasteiger partial charge in [0.1, 0.15) is 0 Å². The van der Waals surface area contributed by atoms with Crippen molar-refractivity contribution < 1.29 is 0 Å². The zero-order valence-electron chi connectivity index (χ0n) is 22.5. The summed E-state index contributed by atoms with van der Waals surface area (Å²) in [6, 6.07) is 3.09. The van der Waals surface area contributed by atoms with Crippen LogP contribution in [0.4, 0.5) is 0 Å². The van der Waals surface area contributed by atoms with Crippen LogP contribution in [0, 0.1) is 45.8 Å². The molecule has 0 heterocycles. The van der Waals surface area contributed by atoms with E-state index in [0.29, 0.717) is 11.5 Å². The molecule has 0 aromatic rings. The summed E-state index contributed by atoms with van der Waals surface area (Å²) in [7, 11) is 0. The fourth-order valence-electron chi connectivity index (χ4n) is 6.74. The number of nitrogens with two attached hydrogens (primary N) is 1. The summed E-state index contributed by atoms with van der Waals surface area (Å²) in [6.07, 6.45) is 25.0. The van der Waals surface area contributed by atoms with Crippen molar-refractivity contribution in [3.63, 3.8) is 0 Å². The number of nitriles is 1.